The van der Waals surface area contributed by atoms with E-state index in [1.165, 1.54) is 11.1 Å². The molecule has 0 heterocycles. The van der Waals surface area contributed by atoms with Crippen LogP contribution in [0.4, 0.5) is 4.79 Å². The van der Waals surface area contributed by atoms with Crippen molar-refractivity contribution in [2.75, 3.05) is 19.7 Å². The Kier molecular flexibility index (Phi) is 7.50. The van der Waals surface area contributed by atoms with Crippen molar-refractivity contribution in [1.82, 2.24) is 10.2 Å². The molecule has 2 aliphatic carbocycles. The van der Waals surface area contributed by atoms with Crippen LogP contribution < -0.4 is 5.32 Å². The van der Waals surface area contributed by atoms with Crippen LogP contribution in [0.1, 0.15) is 56.1 Å². The molecule has 34 heavy (non-hydrogen) atoms. The van der Waals surface area contributed by atoms with Gasteiger partial charge in [-0.15, -0.1) is 0 Å². The smallest absolute Gasteiger partial charge is 0.407 e. The van der Waals surface area contributed by atoms with Gasteiger partial charge in [0, 0.05) is 31.5 Å². The Hall–Kier alpha value is -3.35. The van der Waals surface area contributed by atoms with Crippen LogP contribution in [0.5, 0.6) is 0 Å². The largest absolute Gasteiger partial charge is 0.481 e. The topological polar surface area (TPSA) is 95.9 Å². The molecule has 0 aromatic heterocycles. The van der Waals surface area contributed by atoms with Gasteiger partial charge in [0.2, 0.25) is 5.91 Å². The SMILES string of the molecule is CCN(CCC(=O)O)C(=O)CC(NC(=O)OCC1c2ccccc2-c2ccccc21)C1CCC1. The number of carbonyl (C=O) groups is 3. The van der Waals surface area contributed by atoms with Crippen LogP contribution in [0.2, 0.25) is 0 Å². The third-order valence-corrected chi connectivity index (χ3v) is 7.09. The van der Waals surface area contributed by atoms with E-state index in [9.17, 15) is 14.4 Å². The van der Waals surface area contributed by atoms with E-state index in [-0.39, 0.29) is 49.8 Å². The molecule has 180 valence electrons. The highest BCUT2D eigenvalue weighted by atomic mass is 16.5. The number of nitrogens with one attached hydrogen (secondary N) is 1. The molecular formula is C27H32N2O5. The molecule has 0 spiro atoms. The summed E-state index contributed by atoms with van der Waals surface area (Å²) in [6, 6.07) is 16.1. The Morgan fingerprint density at radius 2 is 1.68 bits per heavy atom. The number of carboxylic acid groups (broad SMARTS) is 1. The summed E-state index contributed by atoms with van der Waals surface area (Å²) in [4.78, 5) is 38.0. The lowest BCUT2D eigenvalue weighted by Crippen LogP contribution is -2.47. The summed E-state index contributed by atoms with van der Waals surface area (Å²) in [6.45, 7) is 2.67. The third kappa shape index (κ3) is 5.24. The van der Waals surface area contributed by atoms with E-state index in [0.29, 0.717) is 6.54 Å². The first-order valence-corrected chi connectivity index (χ1v) is 12.1. The molecule has 0 bridgehead atoms. The molecule has 2 aliphatic rings. The molecule has 7 nitrogen and oxygen atoms in total. The van der Waals surface area contributed by atoms with Gasteiger partial charge in [0.1, 0.15) is 6.61 Å². The Labute approximate surface area is 200 Å². The molecule has 0 aliphatic heterocycles. The second-order valence-corrected chi connectivity index (χ2v) is 9.09. The fourth-order valence-electron chi connectivity index (χ4n) is 4.98. The van der Waals surface area contributed by atoms with Gasteiger partial charge in [0.05, 0.1) is 6.42 Å². The number of benzene rings is 2. The van der Waals surface area contributed by atoms with Gasteiger partial charge >= 0.3 is 12.1 Å². The number of fused-ring (bicyclic) bond motifs is 3. The van der Waals surface area contributed by atoms with Crippen molar-refractivity contribution in [3.8, 4) is 11.1 Å². The second-order valence-electron chi connectivity index (χ2n) is 9.09. The van der Waals surface area contributed by atoms with Crippen molar-refractivity contribution in [2.45, 2.75) is 51.0 Å². The zero-order valence-corrected chi connectivity index (χ0v) is 19.5. The van der Waals surface area contributed by atoms with Crippen LogP contribution in [-0.2, 0) is 14.3 Å². The highest BCUT2D eigenvalue weighted by Crippen LogP contribution is 2.44. The Balaban J connectivity index is 1.38. The highest BCUT2D eigenvalue weighted by molar-refractivity contribution is 5.80. The number of nitrogens with zero attached hydrogens (tertiary/aromatic N) is 1. The average molecular weight is 465 g/mol. The number of hydrogen-bond acceptors (Lipinski definition) is 4. The molecule has 0 radical (unpaired) electrons. The summed E-state index contributed by atoms with van der Waals surface area (Å²) in [7, 11) is 0. The molecule has 1 unspecified atom stereocenters. The van der Waals surface area contributed by atoms with E-state index in [0.717, 1.165) is 30.4 Å². The Morgan fingerprint density at radius 3 is 2.21 bits per heavy atom. The normalized spacial score (nSPS) is 15.6. The Bertz CT molecular complexity index is 1000. The lowest BCUT2D eigenvalue weighted by molar-refractivity contribution is -0.138. The minimum atomic E-state index is -0.932. The zero-order valence-electron chi connectivity index (χ0n) is 19.5. The van der Waals surface area contributed by atoms with Gasteiger partial charge in [-0.2, -0.15) is 0 Å². The maximum atomic E-state index is 12.8. The summed E-state index contributed by atoms with van der Waals surface area (Å²) >= 11 is 0. The van der Waals surface area contributed by atoms with Crippen molar-refractivity contribution in [2.24, 2.45) is 5.92 Å². The second kappa shape index (κ2) is 10.7. The zero-order chi connectivity index (χ0) is 24.1. The van der Waals surface area contributed by atoms with Gasteiger partial charge in [-0.25, -0.2) is 4.79 Å². The maximum Gasteiger partial charge on any atom is 0.407 e. The number of carboxylic acids is 1. The monoisotopic (exact) mass is 464 g/mol. The molecule has 2 aromatic rings. The number of amides is 2. The lowest BCUT2D eigenvalue weighted by atomic mass is 9.78. The minimum absolute atomic E-state index is 0.0199. The summed E-state index contributed by atoms with van der Waals surface area (Å²) in [6.07, 6.45) is 2.56. The Morgan fingerprint density at radius 1 is 1.06 bits per heavy atom. The molecule has 1 saturated carbocycles. The first kappa shape index (κ1) is 23.8. The molecule has 0 saturated heterocycles. The van der Waals surface area contributed by atoms with Crippen LogP contribution in [0.25, 0.3) is 11.1 Å². The van der Waals surface area contributed by atoms with Gasteiger partial charge in [-0.1, -0.05) is 55.0 Å². The molecule has 2 N–H and O–H groups in total. The summed E-state index contributed by atoms with van der Waals surface area (Å²) < 4.78 is 5.68. The summed E-state index contributed by atoms with van der Waals surface area (Å²) in [5.41, 5.74) is 4.65. The van der Waals surface area contributed by atoms with Gasteiger partial charge in [0.15, 0.2) is 0 Å². The van der Waals surface area contributed by atoms with Gasteiger partial charge in [0.25, 0.3) is 0 Å². The summed E-state index contributed by atoms with van der Waals surface area (Å²) in [5, 5.41) is 11.9. The van der Waals surface area contributed by atoms with Crippen LogP contribution in [0.15, 0.2) is 48.5 Å². The van der Waals surface area contributed by atoms with Gasteiger partial charge in [-0.3, -0.25) is 9.59 Å². The van der Waals surface area contributed by atoms with Crippen molar-refractivity contribution in [1.29, 1.82) is 0 Å². The van der Waals surface area contributed by atoms with E-state index in [1.54, 1.807) is 4.90 Å². The number of ether oxygens (including phenoxy) is 1. The first-order valence-electron chi connectivity index (χ1n) is 12.1. The predicted molar refractivity (Wildman–Crippen MR) is 128 cm³/mol. The molecule has 4 rings (SSSR count). The standard InChI is InChI=1S/C27H32N2O5/c1-2-29(15-14-26(31)32)25(30)16-24(18-8-7-9-18)28-27(33)34-17-23-21-12-5-3-10-19(21)20-11-4-6-13-22(20)23/h3-6,10-13,18,23-24H,2,7-9,14-17H2,1H3,(H,28,33)(H,31,32). The van der Waals surface area contributed by atoms with Crippen molar-refractivity contribution in [3.63, 3.8) is 0 Å². The first-order chi connectivity index (χ1) is 16.5. The van der Waals surface area contributed by atoms with Gasteiger partial charge in [-0.05, 0) is 47.9 Å². The van der Waals surface area contributed by atoms with Crippen molar-refractivity contribution in [3.05, 3.63) is 59.7 Å². The number of rotatable bonds is 10. The van der Waals surface area contributed by atoms with Crippen molar-refractivity contribution >= 4 is 18.0 Å². The quantitative estimate of drug-likeness (QED) is 0.543. The molecule has 7 heteroatoms. The van der Waals surface area contributed by atoms with Gasteiger partial charge < -0.3 is 20.1 Å². The van der Waals surface area contributed by atoms with E-state index in [2.05, 4.69) is 29.6 Å². The van der Waals surface area contributed by atoms with E-state index < -0.39 is 12.1 Å². The van der Waals surface area contributed by atoms with Crippen molar-refractivity contribution < 1.29 is 24.2 Å². The number of alkyl carbamates (subject to hydrolysis) is 1. The van der Waals surface area contributed by atoms with E-state index in [1.807, 2.05) is 31.2 Å². The molecule has 2 amide bonds. The fourth-order valence-corrected chi connectivity index (χ4v) is 4.98. The van der Waals surface area contributed by atoms with Crippen LogP contribution in [0.3, 0.4) is 0 Å². The molecule has 2 aromatic carbocycles. The number of carbonyl (C=O) groups excluding carboxylic acids is 2. The molecular weight excluding hydrogens is 432 g/mol. The molecule has 1 atom stereocenters. The van der Waals surface area contributed by atoms with Crippen LogP contribution >= 0.6 is 0 Å². The minimum Gasteiger partial charge on any atom is -0.481 e. The number of aliphatic carboxylic acids is 1. The highest BCUT2D eigenvalue weighted by Gasteiger charge is 2.33. The third-order valence-electron chi connectivity index (χ3n) is 7.09. The fraction of sp³-hybridized carbons (Fsp3) is 0.444. The average Bonchev–Trinajstić information content (AvgIpc) is 3.10. The van der Waals surface area contributed by atoms with E-state index >= 15 is 0 Å². The molecule has 1 fully saturated rings. The van der Waals surface area contributed by atoms with Crippen LogP contribution in [-0.4, -0.2) is 53.7 Å². The van der Waals surface area contributed by atoms with Crippen LogP contribution in [0, 0.1) is 5.92 Å². The summed E-state index contributed by atoms with van der Waals surface area (Å²) in [5.74, 6) is -0.852. The number of hydrogen-bond donors (Lipinski definition) is 2. The predicted octanol–water partition coefficient (Wildman–Crippen LogP) is 4.41. The maximum absolute atomic E-state index is 12.8. The lowest BCUT2D eigenvalue weighted by Gasteiger charge is -2.35. The van der Waals surface area contributed by atoms with E-state index in [4.69, 9.17) is 9.84 Å².